The van der Waals surface area contributed by atoms with Crippen molar-refractivity contribution in [2.24, 2.45) is 11.3 Å². The first kappa shape index (κ1) is 22.6. The number of likely N-dealkylation sites (tertiary alicyclic amines) is 1. The second kappa shape index (κ2) is 7.77. The van der Waals surface area contributed by atoms with Crippen LogP contribution in [0.4, 0.5) is 31.1 Å². The van der Waals surface area contributed by atoms with Crippen LogP contribution in [0, 0.1) is 11.3 Å². The molecule has 176 valence electrons. The highest BCUT2D eigenvalue weighted by molar-refractivity contribution is 5.83. The lowest BCUT2D eigenvalue weighted by molar-refractivity contribution is -0.308. The van der Waals surface area contributed by atoms with Crippen LogP contribution in [0.2, 0.25) is 0 Å². The number of aromatic nitrogens is 2. The van der Waals surface area contributed by atoms with Crippen LogP contribution in [0.1, 0.15) is 30.5 Å². The zero-order valence-electron chi connectivity index (χ0n) is 16.7. The van der Waals surface area contributed by atoms with Crippen LogP contribution in [0.15, 0.2) is 12.5 Å². The lowest BCUT2D eigenvalue weighted by Gasteiger charge is -2.34. The van der Waals surface area contributed by atoms with Crippen molar-refractivity contribution in [2.45, 2.75) is 50.7 Å². The summed E-state index contributed by atoms with van der Waals surface area (Å²) in [6.07, 6.45) is -12.3. The van der Waals surface area contributed by atoms with E-state index in [2.05, 4.69) is 14.7 Å². The van der Waals surface area contributed by atoms with Crippen LogP contribution >= 0.6 is 0 Å². The smallest absolute Gasteiger partial charge is 0.426 e. The molecule has 1 spiro atoms. The number of carbonyl (C=O) groups excluding carboxylic acids is 2. The van der Waals surface area contributed by atoms with Crippen molar-refractivity contribution >= 4 is 12.0 Å². The monoisotopic (exact) mass is 466 g/mol. The Kier molecular flexibility index (Phi) is 5.48. The molecule has 2 fully saturated rings. The van der Waals surface area contributed by atoms with E-state index in [1.54, 1.807) is 11.1 Å². The Hall–Kier alpha value is -2.60. The van der Waals surface area contributed by atoms with Gasteiger partial charge in [-0.15, -0.1) is 0 Å². The lowest BCUT2D eigenvalue weighted by Crippen LogP contribution is -2.49. The number of piperidine rings is 1. The minimum atomic E-state index is -5.75. The molecule has 0 radical (unpaired) electrons. The molecule has 3 heterocycles. The SMILES string of the molecule is O=C(OC(C(F)(F)F)C(F)(F)F)N1CCC2(CC1)CC2C(=O)N1CCc2cncnc2C1. The molecule has 13 heteroatoms. The summed E-state index contributed by atoms with van der Waals surface area (Å²) in [7, 11) is 0. The molecule has 1 aromatic heterocycles. The molecule has 1 aliphatic carbocycles. The lowest BCUT2D eigenvalue weighted by atomic mass is 9.90. The van der Waals surface area contributed by atoms with Crippen molar-refractivity contribution < 1.29 is 40.7 Å². The minimum absolute atomic E-state index is 0.0421. The molecule has 0 N–H and O–H groups in total. The predicted molar refractivity (Wildman–Crippen MR) is 94.9 cm³/mol. The average Bonchev–Trinajstić information content (AvgIpc) is 3.42. The summed E-state index contributed by atoms with van der Waals surface area (Å²) in [5.74, 6) is -0.318. The van der Waals surface area contributed by atoms with Gasteiger partial charge in [-0.1, -0.05) is 0 Å². The zero-order valence-corrected chi connectivity index (χ0v) is 16.7. The summed E-state index contributed by atoms with van der Waals surface area (Å²) >= 11 is 0. The summed E-state index contributed by atoms with van der Waals surface area (Å²) in [4.78, 5) is 35.6. The molecule has 0 bridgehead atoms. The van der Waals surface area contributed by atoms with Gasteiger partial charge in [0.05, 0.1) is 12.2 Å². The van der Waals surface area contributed by atoms with Crippen molar-refractivity contribution in [3.05, 3.63) is 23.8 Å². The normalized spacial score (nSPS) is 22.7. The minimum Gasteiger partial charge on any atom is -0.426 e. The first-order valence-electron chi connectivity index (χ1n) is 10.1. The second-order valence-corrected chi connectivity index (χ2v) is 8.46. The Morgan fingerprint density at radius 2 is 1.72 bits per heavy atom. The zero-order chi connectivity index (χ0) is 23.3. The van der Waals surface area contributed by atoms with E-state index in [-0.39, 0.29) is 30.3 Å². The second-order valence-electron chi connectivity index (χ2n) is 8.46. The summed E-state index contributed by atoms with van der Waals surface area (Å²) < 4.78 is 79.5. The highest BCUT2D eigenvalue weighted by Gasteiger charge is 2.62. The van der Waals surface area contributed by atoms with Crippen molar-refractivity contribution in [3.8, 4) is 0 Å². The van der Waals surface area contributed by atoms with Gasteiger partial charge < -0.3 is 14.5 Å². The van der Waals surface area contributed by atoms with Gasteiger partial charge in [0.2, 0.25) is 5.91 Å². The van der Waals surface area contributed by atoms with Crippen LogP contribution < -0.4 is 0 Å². The maximum absolute atomic E-state index is 13.0. The van der Waals surface area contributed by atoms with Gasteiger partial charge in [-0.25, -0.2) is 14.8 Å². The molecule has 2 aliphatic heterocycles. The third-order valence-corrected chi connectivity index (χ3v) is 6.50. The van der Waals surface area contributed by atoms with Crippen LogP contribution in [-0.4, -0.2) is 69.9 Å². The van der Waals surface area contributed by atoms with E-state index in [4.69, 9.17) is 0 Å². The van der Waals surface area contributed by atoms with Gasteiger partial charge in [-0.2, -0.15) is 26.3 Å². The van der Waals surface area contributed by atoms with Crippen LogP contribution in [-0.2, 0) is 22.5 Å². The number of alkyl halides is 6. The molecule has 3 aliphatic rings. The molecule has 0 aromatic carbocycles. The van der Waals surface area contributed by atoms with Gasteiger partial charge in [0, 0.05) is 31.7 Å². The molecule has 1 aromatic rings. The van der Waals surface area contributed by atoms with E-state index in [0.29, 0.717) is 38.8 Å². The van der Waals surface area contributed by atoms with Gasteiger partial charge in [-0.3, -0.25) is 4.79 Å². The quantitative estimate of drug-likeness (QED) is 0.627. The Morgan fingerprint density at radius 1 is 1.06 bits per heavy atom. The Morgan fingerprint density at radius 3 is 2.34 bits per heavy atom. The van der Waals surface area contributed by atoms with Gasteiger partial charge in [0.1, 0.15) is 6.33 Å². The van der Waals surface area contributed by atoms with E-state index in [1.807, 2.05) is 0 Å². The number of hydrogen-bond donors (Lipinski definition) is 0. The van der Waals surface area contributed by atoms with Crippen molar-refractivity contribution in [1.29, 1.82) is 0 Å². The fourth-order valence-electron chi connectivity index (χ4n) is 4.54. The fraction of sp³-hybridized carbons (Fsp3) is 0.684. The van der Waals surface area contributed by atoms with Crippen molar-refractivity contribution in [2.75, 3.05) is 19.6 Å². The predicted octanol–water partition coefficient (Wildman–Crippen LogP) is 3.09. The number of amides is 2. The van der Waals surface area contributed by atoms with Gasteiger partial charge in [0.15, 0.2) is 0 Å². The van der Waals surface area contributed by atoms with Crippen molar-refractivity contribution in [3.63, 3.8) is 0 Å². The molecular weight excluding hydrogens is 446 g/mol. The van der Waals surface area contributed by atoms with Gasteiger partial charge in [0.25, 0.3) is 6.10 Å². The molecule has 1 saturated heterocycles. The molecule has 2 amide bonds. The number of ether oxygens (including phenoxy) is 1. The number of halogens is 6. The van der Waals surface area contributed by atoms with Crippen LogP contribution in [0.5, 0.6) is 0 Å². The standard InChI is InChI=1S/C19H20F6N4O3/c20-18(21,22)15(19(23,24)25)32-16(31)28-5-2-17(3-6-28)7-12(17)14(30)29-4-1-11-8-26-10-27-13(11)9-29/h8,10,12,15H,1-7,9H2. The first-order valence-corrected chi connectivity index (χ1v) is 10.1. The largest absolute Gasteiger partial charge is 0.434 e. The van der Waals surface area contributed by atoms with E-state index in [1.165, 1.54) is 6.33 Å². The highest BCUT2D eigenvalue weighted by atomic mass is 19.4. The third-order valence-electron chi connectivity index (χ3n) is 6.50. The summed E-state index contributed by atoms with van der Waals surface area (Å²) in [5, 5.41) is 0. The molecule has 32 heavy (non-hydrogen) atoms. The van der Waals surface area contributed by atoms with E-state index in [9.17, 15) is 35.9 Å². The number of fused-ring (bicyclic) bond motifs is 1. The number of rotatable bonds is 2. The summed E-state index contributed by atoms with van der Waals surface area (Å²) in [6.45, 7) is 0.765. The Labute approximate surface area is 178 Å². The number of hydrogen-bond acceptors (Lipinski definition) is 5. The van der Waals surface area contributed by atoms with Crippen LogP contribution in [0.25, 0.3) is 0 Å². The van der Waals surface area contributed by atoms with Crippen LogP contribution in [0.3, 0.4) is 0 Å². The number of nitrogens with zero attached hydrogens (tertiary/aromatic N) is 4. The summed E-state index contributed by atoms with van der Waals surface area (Å²) in [5.41, 5.74) is 1.40. The third kappa shape index (κ3) is 4.33. The first-order chi connectivity index (χ1) is 14.9. The Balaban J connectivity index is 1.32. The molecule has 1 unspecified atom stereocenters. The summed E-state index contributed by atoms with van der Waals surface area (Å²) in [6, 6.07) is 0. The van der Waals surface area contributed by atoms with E-state index < -0.39 is 24.5 Å². The maximum Gasteiger partial charge on any atom is 0.434 e. The maximum atomic E-state index is 13.0. The fourth-order valence-corrected chi connectivity index (χ4v) is 4.54. The van der Waals surface area contributed by atoms with Crippen molar-refractivity contribution in [1.82, 2.24) is 19.8 Å². The molecule has 1 saturated carbocycles. The van der Waals surface area contributed by atoms with Gasteiger partial charge >= 0.3 is 18.4 Å². The van der Waals surface area contributed by atoms with Gasteiger partial charge in [-0.05, 0) is 36.7 Å². The Bertz CT molecular complexity index is 884. The topological polar surface area (TPSA) is 75.6 Å². The van der Waals surface area contributed by atoms with E-state index >= 15 is 0 Å². The molecular formula is C19H20F6N4O3. The average molecular weight is 466 g/mol. The molecule has 7 nitrogen and oxygen atoms in total. The van der Waals surface area contributed by atoms with E-state index in [0.717, 1.165) is 16.2 Å². The molecule has 1 atom stereocenters. The molecule has 4 rings (SSSR count). The number of carbonyl (C=O) groups is 2. The highest BCUT2D eigenvalue weighted by Crippen LogP contribution is 2.60.